The number of halogens is 2. The van der Waals surface area contributed by atoms with Gasteiger partial charge in [-0.1, -0.05) is 26.0 Å². The number of carbonyl (C=O) groups is 1. The van der Waals surface area contributed by atoms with E-state index < -0.39 is 23.7 Å². The fourth-order valence-electron chi connectivity index (χ4n) is 5.05. The molecule has 2 aromatic rings. The number of hydrogen-bond acceptors (Lipinski definition) is 4. The molecule has 0 bridgehead atoms. The summed E-state index contributed by atoms with van der Waals surface area (Å²) in [7, 11) is 0. The van der Waals surface area contributed by atoms with Crippen molar-refractivity contribution in [2.24, 2.45) is 11.7 Å². The van der Waals surface area contributed by atoms with E-state index >= 15 is 0 Å². The number of nitrogens with two attached hydrogens (primary N) is 1. The summed E-state index contributed by atoms with van der Waals surface area (Å²) in [5.74, 6) is -0.929. The van der Waals surface area contributed by atoms with Crippen LogP contribution in [0.4, 0.5) is 14.5 Å². The molecule has 0 radical (unpaired) electrons. The SMILES string of the molecule is CC(=O)N[C@@H](Cc1cc(F)cc(F)c1)[C@@H](N)CNCc1cc(CC(C)C)cc2c1N(C(C)C)CC2. The molecule has 0 unspecified atom stereocenters. The Kier molecular flexibility index (Phi) is 9.25. The monoisotopic (exact) mass is 486 g/mol. The third-order valence-corrected chi connectivity index (χ3v) is 6.48. The molecule has 0 aromatic heterocycles. The van der Waals surface area contributed by atoms with E-state index in [2.05, 4.69) is 55.4 Å². The maximum absolute atomic E-state index is 13.7. The minimum atomic E-state index is -0.641. The maximum Gasteiger partial charge on any atom is 0.217 e. The summed E-state index contributed by atoms with van der Waals surface area (Å²) >= 11 is 0. The molecule has 0 saturated heterocycles. The van der Waals surface area contributed by atoms with E-state index in [9.17, 15) is 13.6 Å². The molecule has 35 heavy (non-hydrogen) atoms. The van der Waals surface area contributed by atoms with Crippen LogP contribution in [0.5, 0.6) is 0 Å². The highest BCUT2D eigenvalue weighted by atomic mass is 19.1. The number of carbonyl (C=O) groups excluding carboxylic acids is 1. The molecular formula is C28H40F2N4O. The molecular weight excluding hydrogens is 446 g/mol. The summed E-state index contributed by atoms with van der Waals surface area (Å²) in [6.07, 6.45) is 2.34. The van der Waals surface area contributed by atoms with Crippen LogP contribution in [0.3, 0.4) is 0 Å². The molecule has 7 heteroatoms. The Morgan fingerprint density at radius 3 is 2.29 bits per heavy atom. The molecule has 2 atom stereocenters. The van der Waals surface area contributed by atoms with Gasteiger partial charge in [-0.05, 0) is 73.4 Å². The van der Waals surface area contributed by atoms with Gasteiger partial charge in [0.1, 0.15) is 11.6 Å². The highest BCUT2D eigenvalue weighted by Gasteiger charge is 2.26. The predicted octanol–water partition coefficient (Wildman–Crippen LogP) is 4.10. The fraction of sp³-hybridized carbons (Fsp3) is 0.536. The van der Waals surface area contributed by atoms with Gasteiger partial charge in [0.2, 0.25) is 5.91 Å². The van der Waals surface area contributed by atoms with Crippen molar-refractivity contribution in [1.82, 2.24) is 10.6 Å². The van der Waals surface area contributed by atoms with Gasteiger partial charge in [-0.25, -0.2) is 8.78 Å². The average Bonchev–Trinajstić information content (AvgIpc) is 3.16. The Bertz CT molecular complexity index is 1000. The van der Waals surface area contributed by atoms with E-state index in [4.69, 9.17) is 5.73 Å². The molecule has 192 valence electrons. The lowest BCUT2D eigenvalue weighted by Crippen LogP contribution is -2.52. The molecule has 3 rings (SSSR count). The van der Waals surface area contributed by atoms with Gasteiger partial charge in [-0.3, -0.25) is 4.79 Å². The Morgan fingerprint density at radius 1 is 1.03 bits per heavy atom. The first-order valence-electron chi connectivity index (χ1n) is 12.6. The number of nitrogens with zero attached hydrogens (tertiary/aromatic N) is 1. The summed E-state index contributed by atoms with van der Waals surface area (Å²) in [6.45, 7) is 12.5. The first-order chi connectivity index (χ1) is 16.5. The lowest BCUT2D eigenvalue weighted by Gasteiger charge is -2.28. The Balaban J connectivity index is 1.73. The van der Waals surface area contributed by atoms with Crippen molar-refractivity contribution in [2.75, 3.05) is 18.0 Å². The number of rotatable bonds is 11. The van der Waals surface area contributed by atoms with Gasteiger partial charge in [-0.2, -0.15) is 0 Å². The Morgan fingerprint density at radius 2 is 1.69 bits per heavy atom. The van der Waals surface area contributed by atoms with Crippen LogP contribution in [0.25, 0.3) is 0 Å². The molecule has 2 aromatic carbocycles. The summed E-state index contributed by atoms with van der Waals surface area (Å²) < 4.78 is 27.3. The summed E-state index contributed by atoms with van der Waals surface area (Å²) in [4.78, 5) is 14.3. The molecule has 0 spiro atoms. The molecule has 4 N–H and O–H groups in total. The van der Waals surface area contributed by atoms with Crippen LogP contribution in [0, 0.1) is 17.6 Å². The first-order valence-corrected chi connectivity index (χ1v) is 12.6. The quantitative estimate of drug-likeness (QED) is 0.447. The van der Waals surface area contributed by atoms with Gasteiger partial charge >= 0.3 is 0 Å². The second kappa shape index (κ2) is 12.0. The summed E-state index contributed by atoms with van der Waals surface area (Å²) in [5.41, 5.74) is 12.3. The van der Waals surface area contributed by atoms with E-state index in [-0.39, 0.29) is 12.3 Å². The van der Waals surface area contributed by atoms with Crippen molar-refractivity contribution < 1.29 is 13.6 Å². The number of amides is 1. The third kappa shape index (κ3) is 7.48. The normalized spacial score (nSPS) is 15.0. The Labute approximate surface area is 208 Å². The van der Waals surface area contributed by atoms with Crippen LogP contribution in [-0.4, -0.2) is 37.1 Å². The van der Waals surface area contributed by atoms with E-state index in [0.29, 0.717) is 30.6 Å². The van der Waals surface area contributed by atoms with Crippen LogP contribution in [0.1, 0.15) is 56.9 Å². The van der Waals surface area contributed by atoms with Gasteiger partial charge in [-0.15, -0.1) is 0 Å². The highest BCUT2D eigenvalue weighted by Crippen LogP contribution is 2.35. The molecule has 1 aliphatic rings. The van der Waals surface area contributed by atoms with Crippen molar-refractivity contribution in [2.45, 2.75) is 78.6 Å². The van der Waals surface area contributed by atoms with E-state index in [1.165, 1.54) is 41.4 Å². The van der Waals surface area contributed by atoms with Crippen LogP contribution in [0.2, 0.25) is 0 Å². The Hall–Kier alpha value is -2.51. The highest BCUT2D eigenvalue weighted by molar-refractivity contribution is 5.73. The van der Waals surface area contributed by atoms with E-state index in [1.54, 1.807) is 0 Å². The number of hydrogen-bond donors (Lipinski definition) is 3. The number of nitrogens with one attached hydrogen (secondary N) is 2. The van der Waals surface area contributed by atoms with Crippen LogP contribution >= 0.6 is 0 Å². The number of anilines is 1. The van der Waals surface area contributed by atoms with E-state index in [0.717, 1.165) is 25.5 Å². The second-order valence-electron chi connectivity index (χ2n) is 10.5. The largest absolute Gasteiger partial charge is 0.368 e. The van der Waals surface area contributed by atoms with Crippen molar-refractivity contribution in [3.05, 3.63) is 64.2 Å². The lowest BCUT2D eigenvalue weighted by atomic mass is 9.96. The van der Waals surface area contributed by atoms with Gasteiger partial charge in [0, 0.05) is 56.4 Å². The second-order valence-corrected chi connectivity index (χ2v) is 10.5. The van der Waals surface area contributed by atoms with Gasteiger partial charge in [0.15, 0.2) is 0 Å². The molecule has 1 heterocycles. The van der Waals surface area contributed by atoms with Crippen molar-refractivity contribution >= 4 is 11.6 Å². The standard InChI is InChI=1S/C28H40F2N4O/c1-17(2)8-20-9-22-6-7-34(18(3)4)28(22)23(10-20)15-32-16-26(31)27(33-19(5)35)13-21-11-24(29)14-25(30)12-21/h9-12,14,17-18,26-27,32H,6-8,13,15-16,31H2,1-5H3,(H,33,35)/t26-,27-/m0/s1. The first kappa shape index (κ1) is 27.1. The van der Waals surface area contributed by atoms with Crippen LogP contribution in [0.15, 0.2) is 30.3 Å². The predicted molar refractivity (Wildman–Crippen MR) is 139 cm³/mol. The van der Waals surface area contributed by atoms with Crippen molar-refractivity contribution in [1.29, 1.82) is 0 Å². The fourth-order valence-corrected chi connectivity index (χ4v) is 5.05. The molecule has 0 fully saturated rings. The number of benzene rings is 2. The molecule has 1 amide bonds. The third-order valence-electron chi connectivity index (χ3n) is 6.48. The topological polar surface area (TPSA) is 70.4 Å². The maximum atomic E-state index is 13.7. The average molecular weight is 487 g/mol. The van der Waals surface area contributed by atoms with Gasteiger partial charge in [0.05, 0.1) is 0 Å². The molecule has 1 aliphatic heterocycles. The van der Waals surface area contributed by atoms with Gasteiger partial charge in [0.25, 0.3) is 0 Å². The lowest BCUT2D eigenvalue weighted by molar-refractivity contribution is -0.119. The zero-order valence-electron chi connectivity index (χ0n) is 21.6. The van der Waals surface area contributed by atoms with Crippen LogP contribution in [-0.2, 0) is 30.6 Å². The molecule has 0 aliphatic carbocycles. The molecule has 5 nitrogen and oxygen atoms in total. The minimum absolute atomic E-state index is 0.228. The number of fused-ring (bicyclic) bond motifs is 1. The smallest absolute Gasteiger partial charge is 0.217 e. The molecule has 0 saturated carbocycles. The summed E-state index contributed by atoms with van der Waals surface area (Å²) in [5, 5.41) is 6.34. The van der Waals surface area contributed by atoms with Crippen molar-refractivity contribution in [3.63, 3.8) is 0 Å². The minimum Gasteiger partial charge on any atom is -0.368 e. The van der Waals surface area contributed by atoms with Crippen LogP contribution < -0.4 is 21.3 Å². The van der Waals surface area contributed by atoms with E-state index in [1.807, 2.05) is 0 Å². The zero-order chi connectivity index (χ0) is 25.7. The van der Waals surface area contributed by atoms with Gasteiger partial charge < -0.3 is 21.3 Å². The van der Waals surface area contributed by atoms with Crippen molar-refractivity contribution in [3.8, 4) is 0 Å². The summed E-state index contributed by atoms with van der Waals surface area (Å²) in [6, 6.07) is 7.60. The zero-order valence-corrected chi connectivity index (χ0v) is 21.6.